The number of ether oxygens (including phenoxy) is 2. The number of hydrogen-bond acceptors (Lipinski definition) is 9. The number of anilines is 2. The minimum atomic E-state index is -0.525. The van der Waals surface area contributed by atoms with Crippen molar-refractivity contribution in [2.24, 2.45) is 11.5 Å². The van der Waals surface area contributed by atoms with Crippen LogP contribution >= 0.6 is 11.3 Å². The van der Waals surface area contributed by atoms with Crippen LogP contribution in [0.3, 0.4) is 0 Å². The van der Waals surface area contributed by atoms with Crippen molar-refractivity contribution in [3.8, 4) is 10.4 Å². The number of rotatable bonds is 10. The normalized spacial score (nSPS) is 18.2. The highest BCUT2D eigenvalue weighted by Crippen LogP contribution is 2.36. The molecule has 3 heterocycles. The summed E-state index contributed by atoms with van der Waals surface area (Å²) in [5.41, 5.74) is 15.2. The molecule has 1 unspecified atom stereocenters. The number of carbonyl (C=O) groups is 1. The van der Waals surface area contributed by atoms with Crippen LogP contribution in [0.4, 0.5) is 10.7 Å². The summed E-state index contributed by atoms with van der Waals surface area (Å²) in [6.45, 7) is 10.1. The average molecular weight is 526 g/mol. The van der Waals surface area contributed by atoms with Crippen LogP contribution in [-0.2, 0) is 9.47 Å². The maximum Gasteiger partial charge on any atom is 0.251 e. The quantitative estimate of drug-likeness (QED) is 0.348. The lowest BCUT2D eigenvalue weighted by molar-refractivity contribution is 0.0129. The SMILES string of the molecule is C=C(/C=C\C=C(/N)Nc1sc(-c2ccc(N3CCOCC3)cc2)cc1C(N)=O)C(CO)N1CCOCC1. The van der Waals surface area contributed by atoms with Gasteiger partial charge in [-0.05, 0) is 35.4 Å². The van der Waals surface area contributed by atoms with Crippen molar-refractivity contribution < 1.29 is 19.4 Å². The van der Waals surface area contributed by atoms with Crippen molar-refractivity contribution >= 4 is 27.9 Å². The van der Waals surface area contributed by atoms with Gasteiger partial charge in [0.2, 0.25) is 0 Å². The number of morpholine rings is 2. The number of carbonyl (C=O) groups excluding carboxylic acids is 1. The molecular weight excluding hydrogens is 490 g/mol. The molecule has 0 bridgehead atoms. The Kier molecular flexibility index (Phi) is 9.37. The second-order valence-corrected chi connectivity index (χ2v) is 9.94. The van der Waals surface area contributed by atoms with Crippen molar-refractivity contribution in [2.75, 3.05) is 69.4 Å². The Labute approximate surface area is 221 Å². The zero-order valence-electron chi connectivity index (χ0n) is 20.9. The number of nitrogens with zero attached hydrogens (tertiary/aromatic N) is 2. The van der Waals surface area contributed by atoms with E-state index in [0.717, 1.165) is 61.1 Å². The van der Waals surface area contributed by atoms with Crippen LogP contribution in [0.5, 0.6) is 0 Å². The number of aliphatic hydroxyl groups excluding tert-OH is 1. The van der Waals surface area contributed by atoms with Crippen molar-refractivity contribution in [1.29, 1.82) is 0 Å². The van der Waals surface area contributed by atoms with Gasteiger partial charge in [0.05, 0.1) is 44.6 Å². The molecule has 1 aromatic carbocycles. The Hall–Kier alpha value is -3.15. The number of allylic oxidation sites excluding steroid dienone is 2. The van der Waals surface area contributed by atoms with E-state index in [2.05, 4.69) is 33.8 Å². The number of amides is 1. The summed E-state index contributed by atoms with van der Waals surface area (Å²) in [6, 6.07) is 9.88. The van der Waals surface area contributed by atoms with Gasteiger partial charge in [-0.1, -0.05) is 30.9 Å². The van der Waals surface area contributed by atoms with Gasteiger partial charge in [0.15, 0.2) is 0 Å². The van der Waals surface area contributed by atoms with E-state index in [1.807, 2.05) is 18.2 Å². The van der Waals surface area contributed by atoms with Crippen LogP contribution in [0.15, 0.2) is 66.5 Å². The summed E-state index contributed by atoms with van der Waals surface area (Å²) in [6.07, 6.45) is 5.30. The monoisotopic (exact) mass is 525 g/mol. The Balaban J connectivity index is 1.43. The lowest BCUT2D eigenvalue weighted by Crippen LogP contribution is -2.45. The van der Waals surface area contributed by atoms with Crippen molar-refractivity contribution in [3.63, 3.8) is 0 Å². The smallest absolute Gasteiger partial charge is 0.251 e. The highest BCUT2D eigenvalue weighted by atomic mass is 32.1. The largest absolute Gasteiger partial charge is 0.394 e. The fourth-order valence-corrected chi connectivity index (χ4v) is 5.47. The summed E-state index contributed by atoms with van der Waals surface area (Å²) in [4.78, 5) is 17.5. The van der Waals surface area contributed by atoms with E-state index in [9.17, 15) is 9.90 Å². The number of hydrogen-bond donors (Lipinski definition) is 4. The topological polar surface area (TPSA) is 126 Å². The summed E-state index contributed by atoms with van der Waals surface area (Å²) in [5.74, 6) is -0.169. The van der Waals surface area contributed by atoms with E-state index in [1.165, 1.54) is 11.3 Å². The molecule has 1 amide bonds. The number of primary amides is 1. The van der Waals surface area contributed by atoms with Crippen LogP contribution in [0.1, 0.15) is 10.4 Å². The third-order valence-electron chi connectivity index (χ3n) is 6.46. The Bertz CT molecular complexity index is 1130. The molecule has 2 fully saturated rings. The summed E-state index contributed by atoms with van der Waals surface area (Å²) in [7, 11) is 0. The standard InChI is InChI=1S/C27H35N5O4S/c1-19(23(18-33)32-11-15-36-16-12-32)3-2-4-25(28)30-27-22(26(29)34)17-24(37-27)20-5-7-21(8-6-20)31-9-13-35-14-10-31/h2-8,17,23,30,33H,1,9-16,18,28H2,(H2,29,34)/b3-2-,25-4+. The molecule has 1 atom stereocenters. The molecular formula is C27H35N5O4S. The maximum atomic E-state index is 12.1. The van der Waals surface area contributed by atoms with Gasteiger partial charge in [0.1, 0.15) is 10.8 Å². The van der Waals surface area contributed by atoms with Gasteiger partial charge < -0.3 is 36.3 Å². The Morgan fingerprint density at radius 2 is 1.76 bits per heavy atom. The summed E-state index contributed by atoms with van der Waals surface area (Å²) >= 11 is 1.42. The van der Waals surface area contributed by atoms with E-state index in [4.69, 9.17) is 20.9 Å². The molecule has 2 aromatic rings. The number of benzene rings is 1. The molecule has 6 N–H and O–H groups in total. The molecule has 2 aliphatic heterocycles. The Morgan fingerprint density at radius 3 is 2.38 bits per heavy atom. The van der Waals surface area contributed by atoms with Crippen molar-refractivity contribution in [3.05, 3.63) is 72.1 Å². The highest BCUT2D eigenvalue weighted by Gasteiger charge is 2.21. The molecule has 2 aliphatic rings. The molecule has 0 aliphatic carbocycles. The first-order valence-electron chi connectivity index (χ1n) is 12.4. The molecule has 10 heteroatoms. The zero-order chi connectivity index (χ0) is 26.2. The number of thiophene rings is 1. The molecule has 0 saturated carbocycles. The molecule has 9 nitrogen and oxygen atoms in total. The number of nitrogens with one attached hydrogen (secondary N) is 1. The predicted molar refractivity (Wildman–Crippen MR) is 149 cm³/mol. The molecule has 1 aromatic heterocycles. The van der Waals surface area contributed by atoms with Gasteiger partial charge in [-0.15, -0.1) is 11.3 Å². The van der Waals surface area contributed by atoms with Gasteiger partial charge in [-0.3, -0.25) is 9.69 Å². The van der Waals surface area contributed by atoms with Gasteiger partial charge >= 0.3 is 0 Å². The molecule has 2 saturated heterocycles. The Morgan fingerprint density at radius 1 is 1.11 bits per heavy atom. The van der Waals surface area contributed by atoms with E-state index < -0.39 is 5.91 Å². The van der Waals surface area contributed by atoms with Gasteiger partial charge in [-0.25, -0.2) is 0 Å². The summed E-state index contributed by atoms with van der Waals surface area (Å²) in [5, 5.41) is 13.5. The van der Waals surface area contributed by atoms with Crippen LogP contribution in [0.25, 0.3) is 10.4 Å². The minimum Gasteiger partial charge on any atom is -0.394 e. The number of nitrogens with two attached hydrogens (primary N) is 2. The van der Waals surface area contributed by atoms with E-state index in [1.54, 1.807) is 18.2 Å². The zero-order valence-corrected chi connectivity index (χ0v) is 21.7. The van der Waals surface area contributed by atoms with Crippen LogP contribution in [-0.4, -0.2) is 81.2 Å². The molecule has 198 valence electrons. The average Bonchev–Trinajstić information content (AvgIpc) is 3.34. The van der Waals surface area contributed by atoms with Crippen LogP contribution in [0, 0.1) is 0 Å². The van der Waals surface area contributed by atoms with Gasteiger partial charge in [0, 0.05) is 36.7 Å². The lowest BCUT2D eigenvalue weighted by Gasteiger charge is -2.33. The minimum absolute atomic E-state index is 0.0199. The second kappa shape index (κ2) is 12.9. The second-order valence-electron chi connectivity index (χ2n) is 8.89. The fourth-order valence-electron chi connectivity index (χ4n) is 4.38. The van der Waals surface area contributed by atoms with E-state index >= 15 is 0 Å². The first-order chi connectivity index (χ1) is 18.0. The fraction of sp³-hybridized carbons (Fsp3) is 0.370. The third-order valence-corrected chi connectivity index (χ3v) is 7.56. The first kappa shape index (κ1) is 26.9. The highest BCUT2D eigenvalue weighted by molar-refractivity contribution is 7.19. The van der Waals surface area contributed by atoms with Crippen molar-refractivity contribution in [1.82, 2.24) is 4.90 Å². The number of aliphatic hydroxyl groups is 1. The maximum absolute atomic E-state index is 12.1. The van der Waals surface area contributed by atoms with Gasteiger partial charge in [-0.2, -0.15) is 0 Å². The lowest BCUT2D eigenvalue weighted by atomic mass is 10.1. The molecule has 0 radical (unpaired) electrons. The first-order valence-corrected chi connectivity index (χ1v) is 13.2. The summed E-state index contributed by atoms with van der Waals surface area (Å²) < 4.78 is 10.8. The van der Waals surface area contributed by atoms with E-state index in [0.29, 0.717) is 29.6 Å². The molecule has 37 heavy (non-hydrogen) atoms. The molecule has 0 spiro atoms. The predicted octanol–water partition coefficient (Wildman–Crippen LogP) is 2.37. The van der Waals surface area contributed by atoms with Crippen LogP contribution < -0.4 is 21.7 Å². The van der Waals surface area contributed by atoms with Crippen molar-refractivity contribution in [2.45, 2.75) is 6.04 Å². The third kappa shape index (κ3) is 7.00. The molecule has 4 rings (SSSR count). The van der Waals surface area contributed by atoms with E-state index in [-0.39, 0.29) is 12.6 Å². The van der Waals surface area contributed by atoms with Gasteiger partial charge in [0.25, 0.3) is 5.91 Å². The van der Waals surface area contributed by atoms with Crippen LogP contribution in [0.2, 0.25) is 0 Å².